The molecular weight excluding hydrogens is 236 g/mol. The second-order valence-electron chi connectivity index (χ2n) is 6.84. The van der Waals surface area contributed by atoms with E-state index in [4.69, 9.17) is 4.74 Å². The number of unbranched alkanes of at least 4 members (excludes halogenated alkanes) is 3. The molecule has 0 atom stereocenters. The summed E-state index contributed by atoms with van der Waals surface area (Å²) in [6, 6.07) is 0. The SMILES string of the molecule is CCC(CC)COC(=O)CCCCCCC(C)(C)C. The van der Waals surface area contributed by atoms with Crippen molar-refractivity contribution in [2.75, 3.05) is 6.61 Å². The van der Waals surface area contributed by atoms with Gasteiger partial charge in [-0.1, -0.05) is 66.7 Å². The zero-order valence-electron chi connectivity index (χ0n) is 13.8. The van der Waals surface area contributed by atoms with Gasteiger partial charge in [-0.2, -0.15) is 0 Å². The molecule has 0 heterocycles. The molecule has 2 nitrogen and oxygen atoms in total. The number of ether oxygens (including phenoxy) is 1. The fraction of sp³-hybridized carbons (Fsp3) is 0.941. The fourth-order valence-corrected chi connectivity index (χ4v) is 2.09. The summed E-state index contributed by atoms with van der Waals surface area (Å²) in [6.07, 6.45) is 8.68. The maximum Gasteiger partial charge on any atom is 0.305 e. The van der Waals surface area contributed by atoms with Crippen LogP contribution in [0.15, 0.2) is 0 Å². The van der Waals surface area contributed by atoms with E-state index in [9.17, 15) is 4.79 Å². The van der Waals surface area contributed by atoms with E-state index >= 15 is 0 Å². The number of rotatable bonds is 10. The average Bonchev–Trinajstić information content (AvgIpc) is 2.33. The van der Waals surface area contributed by atoms with Gasteiger partial charge in [-0.15, -0.1) is 0 Å². The third kappa shape index (κ3) is 12.3. The van der Waals surface area contributed by atoms with Gasteiger partial charge in [-0.05, 0) is 24.2 Å². The Morgan fingerprint density at radius 1 is 1.00 bits per heavy atom. The highest BCUT2D eigenvalue weighted by Crippen LogP contribution is 2.22. The van der Waals surface area contributed by atoms with Crippen molar-refractivity contribution in [3.63, 3.8) is 0 Å². The van der Waals surface area contributed by atoms with E-state index in [1.807, 2.05) is 0 Å². The molecule has 0 N–H and O–H groups in total. The standard InChI is InChI=1S/C17H34O2/c1-6-15(7-2)14-19-16(18)12-10-8-9-11-13-17(3,4)5/h15H,6-14H2,1-5H3. The Labute approximate surface area is 120 Å². The first kappa shape index (κ1) is 18.5. The molecule has 0 aliphatic carbocycles. The summed E-state index contributed by atoms with van der Waals surface area (Å²) in [5.74, 6) is 0.526. The van der Waals surface area contributed by atoms with Crippen LogP contribution in [-0.4, -0.2) is 12.6 Å². The molecule has 0 bridgehead atoms. The van der Waals surface area contributed by atoms with Gasteiger partial charge in [0.2, 0.25) is 0 Å². The second kappa shape index (κ2) is 10.3. The Balaban J connectivity index is 3.44. The molecule has 0 saturated heterocycles. The third-order valence-corrected chi connectivity index (χ3v) is 3.69. The van der Waals surface area contributed by atoms with Gasteiger partial charge in [0.1, 0.15) is 0 Å². The molecule has 0 fully saturated rings. The van der Waals surface area contributed by atoms with E-state index in [2.05, 4.69) is 34.6 Å². The Hall–Kier alpha value is -0.530. The summed E-state index contributed by atoms with van der Waals surface area (Å²) >= 11 is 0. The zero-order chi connectivity index (χ0) is 14.7. The van der Waals surface area contributed by atoms with Crippen molar-refractivity contribution >= 4 is 5.97 Å². The lowest BCUT2D eigenvalue weighted by atomic mass is 9.89. The number of carbonyl (C=O) groups is 1. The number of esters is 1. The van der Waals surface area contributed by atoms with Crippen molar-refractivity contribution in [3.05, 3.63) is 0 Å². The molecule has 2 heteroatoms. The molecule has 0 aliphatic rings. The summed E-state index contributed by atoms with van der Waals surface area (Å²) in [6.45, 7) is 11.7. The Morgan fingerprint density at radius 2 is 1.58 bits per heavy atom. The van der Waals surface area contributed by atoms with E-state index in [1.165, 1.54) is 19.3 Å². The van der Waals surface area contributed by atoms with E-state index in [0.29, 0.717) is 24.4 Å². The minimum Gasteiger partial charge on any atom is -0.465 e. The molecule has 114 valence electrons. The molecule has 0 aromatic heterocycles. The van der Waals surface area contributed by atoms with E-state index in [1.54, 1.807) is 0 Å². The summed E-state index contributed by atoms with van der Waals surface area (Å²) in [7, 11) is 0. The van der Waals surface area contributed by atoms with Crippen LogP contribution in [0.1, 0.15) is 86.0 Å². The summed E-state index contributed by atoms with van der Waals surface area (Å²) in [5, 5.41) is 0. The van der Waals surface area contributed by atoms with Gasteiger partial charge in [0.05, 0.1) is 6.61 Å². The van der Waals surface area contributed by atoms with Gasteiger partial charge in [0.25, 0.3) is 0 Å². The Bertz CT molecular complexity index is 224. The molecule has 0 amide bonds. The van der Waals surface area contributed by atoms with Crippen LogP contribution in [0.2, 0.25) is 0 Å². The summed E-state index contributed by atoms with van der Waals surface area (Å²) in [4.78, 5) is 11.5. The van der Waals surface area contributed by atoms with Gasteiger partial charge in [-0.3, -0.25) is 4.79 Å². The van der Waals surface area contributed by atoms with Crippen LogP contribution in [0.3, 0.4) is 0 Å². The van der Waals surface area contributed by atoms with Crippen molar-refractivity contribution in [2.45, 2.75) is 86.0 Å². The average molecular weight is 270 g/mol. The molecule has 19 heavy (non-hydrogen) atoms. The van der Waals surface area contributed by atoms with Crippen molar-refractivity contribution in [2.24, 2.45) is 11.3 Å². The molecule has 0 aromatic carbocycles. The lowest BCUT2D eigenvalue weighted by molar-refractivity contribution is -0.145. The maximum absolute atomic E-state index is 11.5. The van der Waals surface area contributed by atoms with Crippen LogP contribution in [0.4, 0.5) is 0 Å². The Kier molecular flexibility index (Phi) is 9.99. The highest BCUT2D eigenvalue weighted by atomic mass is 16.5. The summed E-state index contributed by atoms with van der Waals surface area (Å²) < 4.78 is 5.31. The highest BCUT2D eigenvalue weighted by Gasteiger charge is 2.10. The van der Waals surface area contributed by atoms with Crippen LogP contribution in [-0.2, 0) is 9.53 Å². The van der Waals surface area contributed by atoms with Crippen molar-refractivity contribution in [1.29, 1.82) is 0 Å². The van der Waals surface area contributed by atoms with Gasteiger partial charge >= 0.3 is 5.97 Å². The third-order valence-electron chi connectivity index (χ3n) is 3.69. The number of carbonyl (C=O) groups excluding carboxylic acids is 1. The van der Waals surface area contributed by atoms with Crippen molar-refractivity contribution in [3.8, 4) is 0 Å². The fourth-order valence-electron chi connectivity index (χ4n) is 2.09. The van der Waals surface area contributed by atoms with Gasteiger partial charge in [0.15, 0.2) is 0 Å². The van der Waals surface area contributed by atoms with E-state index in [-0.39, 0.29) is 5.97 Å². The molecule has 0 radical (unpaired) electrons. The van der Waals surface area contributed by atoms with Gasteiger partial charge in [-0.25, -0.2) is 0 Å². The number of hydrogen-bond donors (Lipinski definition) is 0. The highest BCUT2D eigenvalue weighted by molar-refractivity contribution is 5.69. The van der Waals surface area contributed by atoms with Crippen LogP contribution in [0, 0.1) is 11.3 Å². The van der Waals surface area contributed by atoms with Crippen LogP contribution in [0.25, 0.3) is 0 Å². The smallest absolute Gasteiger partial charge is 0.305 e. The first-order chi connectivity index (χ1) is 8.89. The first-order valence-electron chi connectivity index (χ1n) is 8.04. The first-order valence-corrected chi connectivity index (χ1v) is 8.04. The van der Waals surface area contributed by atoms with Crippen LogP contribution >= 0.6 is 0 Å². The predicted octanol–water partition coefficient (Wildman–Crippen LogP) is 5.35. The predicted molar refractivity (Wildman–Crippen MR) is 82.2 cm³/mol. The quantitative estimate of drug-likeness (QED) is 0.395. The largest absolute Gasteiger partial charge is 0.465 e. The van der Waals surface area contributed by atoms with E-state index < -0.39 is 0 Å². The van der Waals surface area contributed by atoms with Crippen molar-refractivity contribution in [1.82, 2.24) is 0 Å². The lowest BCUT2D eigenvalue weighted by Crippen LogP contribution is -2.12. The lowest BCUT2D eigenvalue weighted by Gasteiger charge is -2.17. The van der Waals surface area contributed by atoms with Gasteiger partial charge in [0, 0.05) is 6.42 Å². The molecular formula is C17H34O2. The van der Waals surface area contributed by atoms with Crippen LogP contribution in [0.5, 0.6) is 0 Å². The minimum absolute atomic E-state index is 0.0114. The van der Waals surface area contributed by atoms with Crippen LogP contribution < -0.4 is 0 Å². The monoisotopic (exact) mass is 270 g/mol. The molecule has 0 aliphatic heterocycles. The summed E-state index contributed by atoms with van der Waals surface area (Å²) in [5.41, 5.74) is 0.439. The molecule has 0 unspecified atom stereocenters. The topological polar surface area (TPSA) is 26.3 Å². The Morgan fingerprint density at radius 3 is 2.11 bits per heavy atom. The van der Waals surface area contributed by atoms with Crippen molar-refractivity contribution < 1.29 is 9.53 Å². The molecule has 0 saturated carbocycles. The molecule has 0 spiro atoms. The zero-order valence-corrected chi connectivity index (χ0v) is 13.8. The number of hydrogen-bond acceptors (Lipinski definition) is 2. The van der Waals surface area contributed by atoms with Gasteiger partial charge < -0.3 is 4.74 Å². The molecule has 0 rings (SSSR count). The van der Waals surface area contributed by atoms with E-state index in [0.717, 1.165) is 25.7 Å². The second-order valence-corrected chi connectivity index (χ2v) is 6.84. The normalized spacial score (nSPS) is 11.9. The molecule has 0 aromatic rings. The minimum atomic E-state index is -0.0114. The maximum atomic E-state index is 11.5.